The molecule has 0 aliphatic heterocycles. The molecule has 1 aromatic rings. The quantitative estimate of drug-likeness (QED) is 0.799. The van der Waals surface area contributed by atoms with Crippen LogP contribution in [0.5, 0.6) is 0 Å². The van der Waals surface area contributed by atoms with Crippen molar-refractivity contribution in [2.24, 2.45) is 11.7 Å². The molecule has 2 N–H and O–H groups in total. The lowest BCUT2D eigenvalue weighted by Crippen LogP contribution is -2.34. The van der Waals surface area contributed by atoms with Gasteiger partial charge in [0.25, 0.3) is 0 Å². The van der Waals surface area contributed by atoms with Crippen molar-refractivity contribution in [1.29, 1.82) is 0 Å². The molecule has 0 saturated heterocycles. The van der Waals surface area contributed by atoms with Gasteiger partial charge in [-0.3, -0.25) is 0 Å². The van der Waals surface area contributed by atoms with E-state index in [0.717, 1.165) is 10.0 Å². The van der Waals surface area contributed by atoms with Crippen molar-refractivity contribution in [3.8, 4) is 0 Å². The number of nitrogens with two attached hydrogens (primary N) is 1. The van der Waals surface area contributed by atoms with Crippen LogP contribution in [-0.4, -0.2) is 32.4 Å². The van der Waals surface area contributed by atoms with E-state index in [1.54, 1.807) is 19.2 Å². The van der Waals surface area contributed by atoms with Crippen molar-refractivity contribution in [3.05, 3.63) is 28.2 Å². The third-order valence-electron chi connectivity index (χ3n) is 3.36. The molecule has 0 heterocycles. The number of benzene rings is 1. The zero-order valence-electron chi connectivity index (χ0n) is 12.8. The second kappa shape index (κ2) is 8.48. The van der Waals surface area contributed by atoms with Crippen LogP contribution in [0.15, 0.2) is 27.6 Å². The van der Waals surface area contributed by atoms with Crippen LogP contribution >= 0.6 is 28.3 Å². The fourth-order valence-electron chi connectivity index (χ4n) is 1.82. The first-order chi connectivity index (χ1) is 9.14. The molecule has 0 aromatic heterocycles. The Kier molecular flexibility index (Phi) is 8.42. The Labute approximate surface area is 142 Å². The second-order valence-electron chi connectivity index (χ2n) is 5.49. The monoisotopic (exact) mass is 398 g/mol. The van der Waals surface area contributed by atoms with Gasteiger partial charge in [0, 0.05) is 24.1 Å². The molecule has 0 bridgehead atoms. The smallest absolute Gasteiger partial charge is 0.242 e. The Balaban J connectivity index is 0.00000400. The van der Waals surface area contributed by atoms with E-state index in [9.17, 15) is 8.42 Å². The van der Waals surface area contributed by atoms with Gasteiger partial charge < -0.3 is 5.73 Å². The summed E-state index contributed by atoms with van der Waals surface area (Å²) in [5.74, 6) is 0.346. The lowest BCUT2D eigenvalue weighted by atomic mass is 10.0. The highest BCUT2D eigenvalue weighted by molar-refractivity contribution is 9.10. The minimum Gasteiger partial charge on any atom is -0.327 e. The third kappa shape index (κ3) is 5.87. The lowest BCUT2D eigenvalue weighted by molar-refractivity contribution is 0.397. The van der Waals surface area contributed by atoms with Gasteiger partial charge in [0.15, 0.2) is 0 Å². The summed E-state index contributed by atoms with van der Waals surface area (Å²) in [7, 11) is -1.86. The van der Waals surface area contributed by atoms with Crippen LogP contribution in [0.25, 0.3) is 0 Å². The van der Waals surface area contributed by atoms with Crippen molar-refractivity contribution in [1.82, 2.24) is 4.31 Å². The summed E-state index contributed by atoms with van der Waals surface area (Å²) in [5, 5.41) is 0. The van der Waals surface area contributed by atoms with E-state index in [-0.39, 0.29) is 18.4 Å². The maximum atomic E-state index is 12.5. The molecule has 1 aromatic carbocycles. The number of sulfonamides is 1. The zero-order valence-corrected chi connectivity index (χ0v) is 16.1. The average Bonchev–Trinajstić information content (AvgIpc) is 2.33. The van der Waals surface area contributed by atoms with Crippen LogP contribution < -0.4 is 5.73 Å². The Bertz CT molecular complexity index is 544. The first-order valence-electron chi connectivity index (χ1n) is 6.63. The normalized spacial score (nSPS) is 13.3. The molecule has 0 spiro atoms. The average molecular weight is 400 g/mol. The largest absolute Gasteiger partial charge is 0.327 e. The van der Waals surface area contributed by atoms with Crippen molar-refractivity contribution >= 4 is 38.4 Å². The maximum absolute atomic E-state index is 12.5. The number of hydrogen-bond acceptors (Lipinski definition) is 3. The van der Waals surface area contributed by atoms with Gasteiger partial charge in [0.1, 0.15) is 0 Å². The molecule has 0 fully saturated rings. The summed E-state index contributed by atoms with van der Waals surface area (Å²) in [6.45, 7) is 6.37. The van der Waals surface area contributed by atoms with Crippen LogP contribution in [-0.2, 0) is 10.0 Å². The van der Waals surface area contributed by atoms with Gasteiger partial charge in [-0.05, 0) is 43.0 Å². The van der Waals surface area contributed by atoms with Crippen LogP contribution in [0.1, 0.15) is 25.8 Å². The number of rotatable bonds is 6. The predicted octanol–water partition coefficient (Wildman–Crippen LogP) is 3.17. The van der Waals surface area contributed by atoms with Crippen LogP contribution in [0.4, 0.5) is 0 Å². The second-order valence-corrected chi connectivity index (χ2v) is 8.45. The fourth-order valence-corrected chi connectivity index (χ4v) is 3.89. The summed E-state index contributed by atoms with van der Waals surface area (Å²) in [4.78, 5) is 0.310. The molecular weight excluding hydrogens is 376 g/mol. The molecule has 0 aliphatic rings. The molecular formula is C14H24BrClN2O2S. The van der Waals surface area contributed by atoms with E-state index in [0.29, 0.717) is 23.8 Å². The molecule has 122 valence electrons. The highest BCUT2D eigenvalue weighted by Crippen LogP contribution is 2.22. The topological polar surface area (TPSA) is 63.4 Å². The van der Waals surface area contributed by atoms with Crippen LogP contribution in [0.2, 0.25) is 0 Å². The van der Waals surface area contributed by atoms with Gasteiger partial charge in [-0.1, -0.05) is 29.8 Å². The summed E-state index contributed by atoms with van der Waals surface area (Å²) in [5.41, 5.74) is 6.87. The Morgan fingerprint density at radius 3 is 2.33 bits per heavy atom. The van der Waals surface area contributed by atoms with E-state index in [2.05, 4.69) is 15.9 Å². The number of nitrogens with zero attached hydrogens (tertiary/aromatic N) is 1. The predicted molar refractivity (Wildman–Crippen MR) is 93.4 cm³/mol. The summed E-state index contributed by atoms with van der Waals surface area (Å²) in [6, 6.07) is 5.20. The number of halogens is 2. The van der Waals surface area contributed by atoms with Gasteiger partial charge in [-0.15, -0.1) is 12.4 Å². The number of hydrogen-bond donors (Lipinski definition) is 1. The zero-order chi connectivity index (χ0) is 15.5. The Morgan fingerprint density at radius 1 is 1.29 bits per heavy atom. The van der Waals surface area contributed by atoms with Gasteiger partial charge in [0.05, 0.1) is 4.90 Å². The summed E-state index contributed by atoms with van der Waals surface area (Å²) >= 11 is 3.33. The Morgan fingerprint density at radius 2 is 1.86 bits per heavy atom. The van der Waals surface area contributed by atoms with Gasteiger partial charge in [-0.25, -0.2) is 12.7 Å². The SMILES string of the molecule is Cc1cc(Br)cc(S(=O)(=O)N(C)CCC(N)C(C)C)c1.Cl. The first-order valence-corrected chi connectivity index (χ1v) is 8.87. The fraction of sp³-hybridized carbons (Fsp3) is 0.571. The standard InChI is InChI=1S/C14H23BrN2O2S.ClH/c1-10(2)14(16)5-6-17(4)20(18,19)13-8-11(3)7-12(15)9-13;/h7-10,14H,5-6,16H2,1-4H3;1H. The van der Waals surface area contributed by atoms with E-state index in [1.807, 2.05) is 26.8 Å². The van der Waals surface area contributed by atoms with E-state index in [1.165, 1.54) is 4.31 Å². The molecule has 0 amide bonds. The minimum atomic E-state index is -3.46. The maximum Gasteiger partial charge on any atom is 0.242 e. The van der Waals surface area contributed by atoms with Crippen molar-refractivity contribution in [3.63, 3.8) is 0 Å². The van der Waals surface area contributed by atoms with Crippen molar-refractivity contribution < 1.29 is 8.42 Å². The molecule has 1 atom stereocenters. The van der Waals surface area contributed by atoms with E-state index < -0.39 is 10.0 Å². The minimum absolute atomic E-state index is 0. The third-order valence-corrected chi connectivity index (χ3v) is 5.65. The molecule has 0 aliphatic carbocycles. The lowest BCUT2D eigenvalue weighted by Gasteiger charge is -2.21. The molecule has 7 heteroatoms. The Hall–Kier alpha value is -0.140. The molecule has 21 heavy (non-hydrogen) atoms. The van der Waals surface area contributed by atoms with Gasteiger partial charge >= 0.3 is 0 Å². The van der Waals surface area contributed by atoms with Crippen LogP contribution in [0.3, 0.4) is 0 Å². The van der Waals surface area contributed by atoms with E-state index in [4.69, 9.17) is 5.73 Å². The van der Waals surface area contributed by atoms with Crippen molar-refractivity contribution in [2.45, 2.75) is 38.1 Å². The molecule has 0 radical (unpaired) electrons. The molecule has 1 rings (SSSR count). The highest BCUT2D eigenvalue weighted by atomic mass is 79.9. The highest BCUT2D eigenvalue weighted by Gasteiger charge is 2.22. The first kappa shape index (κ1) is 20.9. The van der Waals surface area contributed by atoms with E-state index >= 15 is 0 Å². The van der Waals surface area contributed by atoms with Gasteiger partial charge in [-0.2, -0.15) is 0 Å². The number of aryl methyl sites for hydroxylation is 1. The van der Waals surface area contributed by atoms with Gasteiger partial charge in [0.2, 0.25) is 10.0 Å². The summed E-state index contributed by atoms with van der Waals surface area (Å²) < 4.78 is 27.1. The molecule has 1 unspecified atom stereocenters. The van der Waals surface area contributed by atoms with Crippen LogP contribution in [0, 0.1) is 12.8 Å². The summed E-state index contributed by atoms with van der Waals surface area (Å²) in [6.07, 6.45) is 0.653. The molecule has 4 nitrogen and oxygen atoms in total. The molecule has 0 saturated carbocycles. The van der Waals surface area contributed by atoms with Crippen molar-refractivity contribution in [2.75, 3.05) is 13.6 Å².